The SMILES string of the molecule is CN1Cc2cc(C(C)(C)C)cc(C3CC3)c2C(C)(C)C1. The second kappa shape index (κ2) is 4.34. The average Bonchev–Trinajstić information content (AvgIpc) is 3.07. The van der Waals surface area contributed by atoms with Gasteiger partial charge in [0.2, 0.25) is 0 Å². The summed E-state index contributed by atoms with van der Waals surface area (Å²) in [6.45, 7) is 14.1. The predicted octanol–water partition coefficient (Wildman–Crippen LogP) is 4.58. The van der Waals surface area contributed by atoms with E-state index in [0.29, 0.717) is 0 Å². The van der Waals surface area contributed by atoms with Crippen molar-refractivity contribution >= 4 is 0 Å². The number of nitrogens with zero attached hydrogens (tertiary/aromatic N) is 1. The van der Waals surface area contributed by atoms with Crippen molar-refractivity contribution in [3.05, 3.63) is 34.4 Å². The molecule has 0 atom stereocenters. The molecule has 1 aliphatic carbocycles. The number of fused-ring (bicyclic) bond motifs is 1. The lowest BCUT2D eigenvalue weighted by molar-refractivity contribution is 0.234. The van der Waals surface area contributed by atoms with Crippen molar-refractivity contribution in [1.29, 1.82) is 0 Å². The molecule has 0 unspecified atom stereocenters. The molecule has 1 nitrogen and oxygen atoms in total. The van der Waals surface area contributed by atoms with Crippen LogP contribution < -0.4 is 0 Å². The van der Waals surface area contributed by atoms with Gasteiger partial charge in [0.15, 0.2) is 0 Å². The molecule has 0 saturated heterocycles. The summed E-state index contributed by atoms with van der Waals surface area (Å²) in [5, 5.41) is 0. The van der Waals surface area contributed by atoms with Crippen LogP contribution in [0.2, 0.25) is 0 Å². The minimum absolute atomic E-state index is 0.249. The highest BCUT2D eigenvalue weighted by Crippen LogP contribution is 2.48. The van der Waals surface area contributed by atoms with Crippen LogP contribution in [0, 0.1) is 0 Å². The molecule has 0 aromatic heterocycles. The number of hydrogen-bond acceptors (Lipinski definition) is 1. The van der Waals surface area contributed by atoms with E-state index < -0.39 is 0 Å². The summed E-state index contributed by atoms with van der Waals surface area (Å²) in [6, 6.07) is 5.02. The van der Waals surface area contributed by atoms with Crippen LogP contribution in [0.15, 0.2) is 12.1 Å². The summed E-state index contributed by atoms with van der Waals surface area (Å²) in [5.74, 6) is 0.841. The molecule has 0 amide bonds. The highest BCUT2D eigenvalue weighted by Gasteiger charge is 2.37. The van der Waals surface area contributed by atoms with Crippen LogP contribution >= 0.6 is 0 Å². The monoisotopic (exact) mass is 271 g/mol. The second-order valence-corrected chi connectivity index (χ2v) is 8.68. The highest BCUT2D eigenvalue weighted by molar-refractivity contribution is 5.49. The van der Waals surface area contributed by atoms with Gasteiger partial charge in [-0.3, -0.25) is 0 Å². The molecule has 1 saturated carbocycles. The molecule has 1 fully saturated rings. The molecule has 0 N–H and O–H groups in total. The van der Waals surface area contributed by atoms with Gasteiger partial charge in [0.05, 0.1) is 0 Å². The van der Waals surface area contributed by atoms with Gasteiger partial charge in [-0.15, -0.1) is 0 Å². The third-order valence-corrected chi connectivity index (χ3v) is 4.92. The van der Waals surface area contributed by atoms with E-state index in [-0.39, 0.29) is 10.8 Å². The van der Waals surface area contributed by atoms with Gasteiger partial charge < -0.3 is 4.90 Å². The quantitative estimate of drug-likeness (QED) is 0.722. The van der Waals surface area contributed by atoms with Crippen LogP contribution in [0.5, 0.6) is 0 Å². The minimum atomic E-state index is 0.249. The molecule has 1 heterocycles. The van der Waals surface area contributed by atoms with Crippen molar-refractivity contribution in [3.63, 3.8) is 0 Å². The molecule has 0 bridgehead atoms. The first-order chi connectivity index (χ1) is 9.18. The molecule has 0 radical (unpaired) electrons. The van der Waals surface area contributed by atoms with Gasteiger partial charge in [-0.25, -0.2) is 0 Å². The van der Waals surface area contributed by atoms with Crippen molar-refractivity contribution in [2.75, 3.05) is 13.6 Å². The van der Waals surface area contributed by atoms with E-state index >= 15 is 0 Å². The molecule has 1 heteroatoms. The number of likely N-dealkylation sites (N-methyl/N-ethyl adjacent to an activating group) is 1. The van der Waals surface area contributed by atoms with Crippen LogP contribution in [0.3, 0.4) is 0 Å². The van der Waals surface area contributed by atoms with E-state index in [4.69, 9.17) is 0 Å². The molecule has 3 rings (SSSR count). The second-order valence-electron chi connectivity index (χ2n) is 8.68. The Balaban J connectivity index is 2.20. The Labute approximate surface area is 124 Å². The molecular weight excluding hydrogens is 242 g/mol. The lowest BCUT2D eigenvalue weighted by atomic mass is 9.72. The smallest absolute Gasteiger partial charge is 0.0234 e. The maximum absolute atomic E-state index is 2.53. The summed E-state index contributed by atoms with van der Waals surface area (Å²) in [7, 11) is 2.26. The normalized spacial score (nSPS) is 22.7. The maximum Gasteiger partial charge on any atom is 0.0234 e. The number of rotatable bonds is 1. The summed E-state index contributed by atoms with van der Waals surface area (Å²) in [6.07, 6.45) is 2.79. The van der Waals surface area contributed by atoms with E-state index in [1.54, 1.807) is 16.7 Å². The zero-order valence-corrected chi connectivity index (χ0v) is 14.0. The van der Waals surface area contributed by atoms with Gasteiger partial charge in [0.25, 0.3) is 0 Å². The molecule has 20 heavy (non-hydrogen) atoms. The van der Waals surface area contributed by atoms with Gasteiger partial charge in [-0.2, -0.15) is 0 Å². The van der Waals surface area contributed by atoms with Crippen LogP contribution in [0.1, 0.15) is 75.6 Å². The van der Waals surface area contributed by atoms with E-state index in [9.17, 15) is 0 Å². The zero-order chi connectivity index (χ0) is 14.7. The van der Waals surface area contributed by atoms with Crippen molar-refractivity contribution in [2.45, 2.75) is 70.8 Å². The average molecular weight is 271 g/mol. The summed E-state index contributed by atoms with van der Waals surface area (Å²) in [5.41, 5.74) is 6.98. The van der Waals surface area contributed by atoms with Crippen molar-refractivity contribution in [3.8, 4) is 0 Å². The van der Waals surface area contributed by atoms with Crippen LogP contribution in [0.4, 0.5) is 0 Å². The molecular formula is C19H29N. The fraction of sp³-hybridized carbons (Fsp3) is 0.684. The van der Waals surface area contributed by atoms with Crippen molar-refractivity contribution < 1.29 is 0 Å². The third kappa shape index (κ3) is 2.41. The molecule has 0 spiro atoms. The Kier molecular flexibility index (Phi) is 3.06. The van der Waals surface area contributed by atoms with Crippen LogP contribution in [-0.4, -0.2) is 18.5 Å². The lowest BCUT2D eigenvalue weighted by Gasteiger charge is -2.41. The molecule has 110 valence electrons. The number of benzene rings is 1. The minimum Gasteiger partial charge on any atom is -0.301 e. The summed E-state index contributed by atoms with van der Waals surface area (Å²) < 4.78 is 0. The summed E-state index contributed by atoms with van der Waals surface area (Å²) >= 11 is 0. The largest absolute Gasteiger partial charge is 0.301 e. The zero-order valence-electron chi connectivity index (χ0n) is 14.0. The van der Waals surface area contributed by atoms with Crippen LogP contribution in [-0.2, 0) is 17.4 Å². The molecule has 1 aromatic rings. The maximum atomic E-state index is 2.53. The van der Waals surface area contributed by atoms with E-state index in [1.165, 1.54) is 24.9 Å². The lowest BCUT2D eigenvalue weighted by Crippen LogP contribution is -2.41. The van der Waals surface area contributed by atoms with Gasteiger partial charge in [-0.1, -0.05) is 46.8 Å². The van der Waals surface area contributed by atoms with Gasteiger partial charge in [0.1, 0.15) is 0 Å². The Hall–Kier alpha value is -0.820. The third-order valence-electron chi connectivity index (χ3n) is 4.92. The van der Waals surface area contributed by atoms with Crippen molar-refractivity contribution in [2.24, 2.45) is 0 Å². The van der Waals surface area contributed by atoms with Crippen LogP contribution in [0.25, 0.3) is 0 Å². The number of hydrogen-bond donors (Lipinski definition) is 0. The Morgan fingerprint density at radius 2 is 1.80 bits per heavy atom. The highest BCUT2D eigenvalue weighted by atomic mass is 15.1. The van der Waals surface area contributed by atoms with E-state index in [0.717, 1.165) is 12.5 Å². The van der Waals surface area contributed by atoms with Gasteiger partial charge >= 0.3 is 0 Å². The van der Waals surface area contributed by atoms with Gasteiger partial charge in [0, 0.05) is 18.5 Å². The Morgan fingerprint density at radius 3 is 2.35 bits per heavy atom. The topological polar surface area (TPSA) is 3.24 Å². The van der Waals surface area contributed by atoms with E-state index in [2.05, 4.69) is 58.7 Å². The standard InChI is InChI=1S/C19H29N/c1-18(2,3)15-9-14-11-20(6)12-19(4,5)17(14)16(10-15)13-7-8-13/h9-10,13H,7-8,11-12H2,1-6H3. The molecule has 1 aromatic carbocycles. The molecule has 2 aliphatic rings. The van der Waals surface area contributed by atoms with E-state index in [1.807, 2.05) is 0 Å². The van der Waals surface area contributed by atoms with Crippen molar-refractivity contribution in [1.82, 2.24) is 4.90 Å². The first-order valence-corrected chi connectivity index (χ1v) is 8.05. The molecule has 1 aliphatic heterocycles. The van der Waals surface area contributed by atoms with Gasteiger partial charge in [-0.05, 0) is 53.5 Å². The Morgan fingerprint density at radius 1 is 1.15 bits per heavy atom. The predicted molar refractivity (Wildman–Crippen MR) is 86.5 cm³/mol. The first kappa shape index (κ1) is 14.1. The summed E-state index contributed by atoms with van der Waals surface area (Å²) in [4.78, 5) is 2.48. The fourth-order valence-electron chi connectivity index (χ4n) is 3.93. The Bertz CT molecular complexity index is 529. The first-order valence-electron chi connectivity index (χ1n) is 8.05. The fourth-order valence-corrected chi connectivity index (χ4v) is 3.93.